The van der Waals surface area contributed by atoms with Crippen LogP contribution in [0.3, 0.4) is 0 Å². The van der Waals surface area contributed by atoms with Crippen molar-refractivity contribution in [2.45, 2.75) is 66.2 Å². The molecule has 3 atom stereocenters. The maximum absolute atomic E-state index is 12.8. The quantitative estimate of drug-likeness (QED) is 0.842. The second-order valence-corrected chi connectivity index (χ2v) is 7.50. The Bertz CT molecular complexity index is 387. The highest BCUT2D eigenvalue weighted by atomic mass is 16.5. The fourth-order valence-corrected chi connectivity index (χ4v) is 2.82. The molecule has 1 heterocycles. The van der Waals surface area contributed by atoms with Gasteiger partial charge in [-0.1, -0.05) is 34.6 Å². The van der Waals surface area contributed by atoms with E-state index in [1.807, 2.05) is 27.7 Å². The van der Waals surface area contributed by atoms with E-state index in [1.54, 1.807) is 12.0 Å². The van der Waals surface area contributed by atoms with E-state index in [2.05, 4.69) is 19.2 Å². The topological polar surface area (TPSA) is 58.6 Å². The van der Waals surface area contributed by atoms with Crippen LogP contribution in [0.2, 0.25) is 0 Å². The smallest absolute Gasteiger partial charge is 0.245 e. The van der Waals surface area contributed by atoms with Gasteiger partial charge in [0.2, 0.25) is 11.8 Å². The first-order valence-corrected chi connectivity index (χ1v) is 7.71. The fourth-order valence-electron chi connectivity index (χ4n) is 2.82. The third-order valence-electron chi connectivity index (χ3n) is 3.84. The first kappa shape index (κ1) is 18.0. The summed E-state index contributed by atoms with van der Waals surface area (Å²) in [5.41, 5.74) is -0.310. The molecule has 5 nitrogen and oxygen atoms in total. The predicted molar refractivity (Wildman–Crippen MR) is 82.8 cm³/mol. The molecule has 1 aliphatic heterocycles. The van der Waals surface area contributed by atoms with E-state index < -0.39 is 12.1 Å². The Balaban J connectivity index is 3.05. The number of hydrogen-bond donors (Lipinski definition) is 1. The molecule has 5 heteroatoms. The lowest BCUT2D eigenvalue weighted by atomic mass is 9.82. The molecule has 0 spiro atoms. The summed E-state index contributed by atoms with van der Waals surface area (Å²) in [7, 11) is 1.62. The summed E-state index contributed by atoms with van der Waals surface area (Å²) in [4.78, 5) is 27.0. The SMILES string of the molecule is COC(C)CN1C(=O)C(CC(C)C)NC(=O)C1C(C)(C)C. The van der Waals surface area contributed by atoms with Crippen molar-refractivity contribution in [3.05, 3.63) is 0 Å². The second kappa shape index (κ2) is 6.77. The Labute approximate surface area is 128 Å². The van der Waals surface area contributed by atoms with Gasteiger partial charge in [0, 0.05) is 13.7 Å². The maximum Gasteiger partial charge on any atom is 0.245 e. The summed E-state index contributed by atoms with van der Waals surface area (Å²) < 4.78 is 5.29. The van der Waals surface area contributed by atoms with E-state index in [4.69, 9.17) is 4.74 Å². The maximum atomic E-state index is 12.8. The number of nitrogens with zero attached hydrogens (tertiary/aromatic N) is 1. The van der Waals surface area contributed by atoms with E-state index >= 15 is 0 Å². The summed E-state index contributed by atoms with van der Waals surface area (Å²) in [5.74, 6) is 0.301. The third-order valence-corrected chi connectivity index (χ3v) is 3.84. The van der Waals surface area contributed by atoms with E-state index in [-0.39, 0.29) is 23.3 Å². The molecule has 0 radical (unpaired) electrons. The molecule has 0 aliphatic carbocycles. The van der Waals surface area contributed by atoms with Crippen molar-refractivity contribution < 1.29 is 14.3 Å². The van der Waals surface area contributed by atoms with Gasteiger partial charge in [0.15, 0.2) is 0 Å². The third kappa shape index (κ3) is 4.43. The van der Waals surface area contributed by atoms with Gasteiger partial charge in [-0.25, -0.2) is 0 Å². The van der Waals surface area contributed by atoms with E-state index in [9.17, 15) is 9.59 Å². The number of nitrogens with one attached hydrogen (secondary N) is 1. The van der Waals surface area contributed by atoms with Crippen LogP contribution in [0.25, 0.3) is 0 Å². The van der Waals surface area contributed by atoms with Gasteiger partial charge in [-0.3, -0.25) is 9.59 Å². The number of carbonyl (C=O) groups excluding carboxylic acids is 2. The minimum Gasteiger partial charge on any atom is -0.380 e. The molecule has 122 valence electrons. The molecule has 3 unspecified atom stereocenters. The van der Waals surface area contributed by atoms with Gasteiger partial charge in [-0.05, 0) is 24.7 Å². The highest BCUT2D eigenvalue weighted by Crippen LogP contribution is 2.29. The fraction of sp³-hybridized carbons (Fsp3) is 0.875. The van der Waals surface area contributed by atoms with Gasteiger partial charge in [0.1, 0.15) is 12.1 Å². The number of ether oxygens (including phenoxy) is 1. The van der Waals surface area contributed by atoms with Crippen LogP contribution < -0.4 is 5.32 Å². The first-order valence-electron chi connectivity index (χ1n) is 7.71. The molecule has 0 aromatic rings. The van der Waals surface area contributed by atoms with Crippen LogP contribution >= 0.6 is 0 Å². The molecular formula is C16H30N2O3. The van der Waals surface area contributed by atoms with Crippen molar-refractivity contribution >= 4 is 11.8 Å². The number of piperazine rings is 1. The van der Waals surface area contributed by atoms with Gasteiger partial charge in [0.05, 0.1) is 6.10 Å². The minimum atomic E-state index is -0.453. The van der Waals surface area contributed by atoms with Crippen LogP contribution in [0.5, 0.6) is 0 Å². The summed E-state index contributed by atoms with van der Waals surface area (Å²) >= 11 is 0. The van der Waals surface area contributed by atoms with E-state index in [0.29, 0.717) is 18.9 Å². The van der Waals surface area contributed by atoms with Crippen molar-refractivity contribution in [2.75, 3.05) is 13.7 Å². The largest absolute Gasteiger partial charge is 0.380 e. The standard InChI is InChI=1S/C16H30N2O3/c1-10(2)8-12-15(20)18(9-11(3)21-7)13(14(19)17-12)16(4,5)6/h10-13H,8-9H2,1-7H3,(H,17,19). The summed E-state index contributed by atoms with van der Waals surface area (Å²) in [6.45, 7) is 12.4. The van der Waals surface area contributed by atoms with Gasteiger partial charge in [-0.15, -0.1) is 0 Å². The van der Waals surface area contributed by atoms with Crippen molar-refractivity contribution in [3.8, 4) is 0 Å². The lowest BCUT2D eigenvalue weighted by molar-refractivity contribution is -0.156. The van der Waals surface area contributed by atoms with Crippen LogP contribution in [0.15, 0.2) is 0 Å². The Morgan fingerprint density at radius 1 is 1.24 bits per heavy atom. The van der Waals surface area contributed by atoms with Crippen LogP contribution in [-0.2, 0) is 14.3 Å². The minimum absolute atomic E-state index is 0.00660. The van der Waals surface area contributed by atoms with Crippen molar-refractivity contribution in [3.63, 3.8) is 0 Å². The number of methoxy groups -OCH3 is 1. The normalized spacial score (nSPS) is 25.2. The van der Waals surface area contributed by atoms with Crippen LogP contribution in [0.4, 0.5) is 0 Å². The molecule has 21 heavy (non-hydrogen) atoms. The lowest BCUT2D eigenvalue weighted by Gasteiger charge is -2.45. The van der Waals surface area contributed by atoms with Crippen LogP contribution in [0, 0.1) is 11.3 Å². The number of carbonyl (C=O) groups is 2. The molecule has 0 saturated carbocycles. The number of rotatable bonds is 5. The molecule has 1 rings (SSSR count). The molecule has 1 aliphatic rings. The summed E-state index contributed by atoms with van der Waals surface area (Å²) in [6.07, 6.45) is 0.573. The summed E-state index contributed by atoms with van der Waals surface area (Å²) in [6, 6.07) is -0.869. The van der Waals surface area contributed by atoms with Crippen molar-refractivity contribution in [1.29, 1.82) is 0 Å². The zero-order valence-corrected chi connectivity index (χ0v) is 14.4. The number of amides is 2. The predicted octanol–water partition coefficient (Wildman–Crippen LogP) is 1.81. The molecule has 1 saturated heterocycles. The molecule has 0 aromatic heterocycles. The van der Waals surface area contributed by atoms with Gasteiger partial charge in [0.25, 0.3) is 0 Å². The number of hydrogen-bond acceptors (Lipinski definition) is 3. The highest BCUT2D eigenvalue weighted by Gasteiger charge is 2.46. The highest BCUT2D eigenvalue weighted by molar-refractivity contribution is 5.97. The second-order valence-electron chi connectivity index (χ2n) is 7.50. The van der Waals surface area contributed by atoms with Crippen LogP contribution in [0.1, 0.15) is 48.0 Å². The lowest BCUT2D eigenvalue weighted by Crippen LogP contribution is -2.67. The Morgan fingerprint density at radius 3 is 2.24 bits per heavy atom. The molecular weight excluding hydrogens is 268 g/mol. The Morgan fingerprint density at radius 2 is 1.81 bits per heavy atom. The van der Waals surface area contributed by atoms with E-state index in [0.717, 1.165) is 0 Å². The van der Waals surface area contributed by atoms with Crippen molar-refractivity contribution in [1.82, 2.24) is 10.2 Å². The average molecular weight is 298 g/mol. The summed E-state index contributed by atoms with van der Waals surface area (Å²) in [5, 5.41) is 2.90. The van der Waals surface area contributed by atoms with Gasteiger partial charge < -0.3 is 15.0 Å². The Hall–Kier alpha value is -1.10. The van der Waals surface area contributed by atoms with Crippen LogP contribution in [-0.4, -0.2) is 48.6 Å². The molecule has 0 bridgehead atoms. The monoisotopic (exact) mass is 298 g/mol. The molecule has 0 aromatic carbocycles. The molecule has 2 amide bonds. The Kier molecular flexibility index (Phi) is 5.79. The zero-order chi connectivity index (χ0) is 16.4. The van der Waals surface area contributed by atoms with Gasteiger partial charge in [-0.2, -0.15) is 0 Å². The van der Waals surface area contributed by atoms with Crippen molar-refractivity contribution in [2.24, 2.45) is 11.3 Å². The zero-order valence-electron chi connectivity index (χ0n) is 14.4. The molecule has 1 N–H and O–H groups in total. The van der Waals surface area contributed by atoms with Gasteiger partial charge >= 0.3 is 0 Å². The first-order chi connectivity index (χ1) is 9.57. The molecule has 1 fully saturated rings. The van der Waals surface area contributed by atoms with E-state index in [1.165, 1.54) is 0 Å². The average Bonchev–Trinajstić information content (AvgIpc) is 2.32.